The van der Waals surface area contributed by atoms with Crippen molar-refractivity contribution in [3.8, 4) is 0 Å². The number of esters is 1. The number of nitrogens with zero attached hydrogens (tertiary/aromatic N) is 1. The van der Waals surface area contributed by atoms with Gasteiger partial charge in [-0.1, -0.05) is 0 Å². The lowest BCUT2D eigenvalue weighted by molar-refractivity contribution is -0.160. The van der Waals surface area contributed by atoms with Crippen LogP contribution in [-0.2, 0) is 14.3 Å². The Morgan fingerprint density at radius 1 is 1.37 bits per heavy atom. The van der Waals surface area contributed by atoms with E-state index in [-0.39, 0.29) is 17.9 Å². The lowest BCUT2D eigenvalue weighted by Gasteiger charge is -2.27. The summed E-state index contributed by atoms with van der Waals surface area (Å²) < 4.78 is 5.43. The first-order chi connectivity index (χ1) is 8.83. The molecule has 1 N–H and O–H groups in total. The fourth-order valence-corrected chi connectivity index (χ4v) is 2.26. The molecule has 0 unspecified atom stereocenters. The van der Waals surface area contributed by atoms with E-state index in [1.165, 1.54) is 0 Å². The van der Waals surface area contributed by atoms with Crippen LogP contribution in [0.3, 0.4) is 0 Å². The van der Waals surface area contributed by atoms with Crippen molar-refractivity contribution < 1.29 is 14.3 Å². The molecule has 110 valence electrons. The van der Waals surface area contributed by atoms with Crippen LogP contribution in [0.2, 0.25) is 0 Å². The number of likely N-dealkylation sites (tertiary alicyclic amines) is 1. The van der Waals surface area contributed by atoms with Gasteiger partial charge in [0.1, 0.15) is 11.6 Å². The molecule has 1 saturated heterocycles. The van der Waals surface area contributed by atoms with Gasteiger partial charge in [-0.3, -0.25) is 14.5 Å². The SMILES string of the molecule is CCNC(=O)CCN1CCC[C@H]1C(=O)OC(C)(C)C. The zero-order chi connectivity index (χ0) is 14.5. The molecule has 1 heterocycles. The molecule has 19 heavy (non-hydrogen) atoms. The van der Waals surface area contributed by atoms with E-state index in [4.69, 9.17) is 4.74 Å². The third-order valence-electron chi connectivity index (χ3n) is 3.04. The Balaban J connectivity index is 2.45. The minimum atomic E-state index is -0.453. The van der Waals surface area contributed by atoms with Crippen LogP contribution >= 0.6 is 0 Å². The lowest BCUT2D eigenvalue weighted by Crippen LogP contribution is -2.42. The molecule has 1 amide bonds. The zero-order valence-electron chi connectivity index (χ0n) is 12.5. The monoisotopic (exact) mass is 270 g/mol. The van der Waals surface area contributed by atoms with E-state index < -0.39 is 5.60 Å². The minimum absolute atomic E-state index is 0.0392. The van der Waals surface area contributed by atoms with E-state index in [9.17, 15) is 9.59 Å². The Kier molecular flexibility index (Phi) is 5.79. The van der Waals surface area contributed by atoms with Crippen LogP contribution in [0.15, 0.2) is 0 Å². The third kappa shape index (κ3) is 5.59. The van der Waals surface area contributed by atoms with E-state index >= 15 is 0 Å². The van der Waals surface area contributed by atoms with Crippen LogP contribution in [-0.4, -0.2) is 48.1 Å². The summed E-state index contributed by atoms with van der Waals surface area (Å²) in [5.41, 5.74) is -0.453. The summed E-state index contributed by atoms with van der Waals surface area (Å²) in [6, 6.07) is -0.186. The highest BCUT2D eigenvalue weighted by Gasteiger charge is 2.33. The van der Waals surface area contributed by atoms with Gasteiger partial charge in [-0.05, 0) is 47.1 Å². The fraction of sp³-hybridized carbons (Fsp3) is 0.857. The zero-order valence-corrected chi connectivity index (χ0v) is 12.5. The molecule has 0 aliphatic carbocycles. The van der Waals surface area contributed by atoms with E-state index in [0.29, 0.717) is 19.5 Å². The third-order valence-corrected chi connectivity index (χ3v) is 3.04. The average molecular weight is 270 g/mol. The fourth-order valence-electron chi connectivity index (χ4n) is 2.26. The Morgan fingerprint density at radius 2 is 2.05 bits per heavy atom. The molecular formula is C14H26N2O3. The van der Waals surface area contributed by atoms with Crippen LogP contribution in [0.1, 0.15) is 47.0 Å². The molecule has 0 saturated carbocycles. The van der Waals surface area contributed by atoms with Gasteiger partial charge in [0.15, 0.2) is 0 Å². The Hall–Kier alpha value is -1.10. The van der Waals surface area contributed by atoms with Crippen molar-refractivity contribution in [3.63, 3.8) is 0 Å². The van der Waals surface area contributed by atoms with Crippen LogP contribution in [0, 0.1) is 0 Å². The summed E-state index contributed by atoms with van der Waals surface area (Å²) in [5, 5.41) is 2.77. The number of hydrogen-bond donors (Lipinski definition) is 1. The quantitative estimate of drug-likeness (QED) is 0.765. The second kappa shape index (κ2) is 6.89. The maximum atomic E-state index is 12.1. The summed E-state index contributed by atoms with van der Waals surface area (Å²) in [7, 11) is 0. The Bertz CT molecular complexity index is 323. The van der Waals surface area contributed by atoms with Crippen LogP contribution < -0.4 is 5.32 Å². The average Bonchev–Trinajstić information content (AvgIpc) is 2.72. The molecule has 0 spiro atoms. The molecule has 1 rings (SSSR count). The van der Waals surface area contributed by atoms with Gasteiger partial charge >= 0.3 is 5.97 Å². The first-order valence-electron chi connectivity index (χ1n) is 7.07. The second-order valence-electron chi connectivity index (χ2n) is 5.93. The van der Waals surface area contributed by atoms with Crippen LogP contribution in [0.5, 0.6) is 0 Å². The number of nitrogens with one attached hydrogen (secondary N) is 1. The van der Waals surface area contributed by atoms with Gasteiger partial charge in [-0.2, -0.15) is 0 Å². The van der Waals surface area contributed by atoms with Crippen molar-refractivity contribution in [2.45, 2.75) is 58.6 Å². The maximum absolute atomic E-state index is 12.1. The Morgan fingerprint density at radius 3 is 2.63 bits per heavy atom. The normalized spacial score (nSPS) is 20.3. The summed E-state index contributed by atoms with van der Waals surface area (Å²) in [6.07, 6.45) is 2.25. The summed E-state index contributed by atoms with van der Waals surface area (Å²) in [6.45, 7) is 9.65. The summed E-state index contributed by atoms with van der Waals surface area (Å²) >= 11 is 0. The predicted molar refractivity (Wildman–Crippen MR) is 73.7 cm³/mol. The molecule has 5 heteroatoms. The largest absolute Gasteiger partial charge is 0.459 e. The van der Waals surface area contributed by atoms with Gasteiger partial charge < -0.3 is 10.1 Å². The van der Waals surface area contributed by atoms with Crippen molar-refractivity contribution in [2.24, 2.45) is 0 Å². The number of rotatable bonds is 5. The van der Waals surface area contributed by atoms with E-state index in [2.05, 4.69) is 10.2 Å². The molecule has 0 aromatic rings. The number of carbonyl (C=O) groups excluding carboxylic acids is 2. The molecule has 1 aliphatic rings. The minimum Gasteiger partial charge on any atom is -0.459 e. The number of ether oxygens (including phenoxy) is 1. The van der Waals surface area contributed by atoms with Crippen molar-refractivity contribution in [1.29, 1.82) is 0 Å². The molecule has 0 aromatic carbocycles. The van der Waals surface area contributed by atoms with Gasteiger partial charge in [-0.25, -0.2) is 0 Å². The molecule has 1 fully saturated rings. The number of carbonyl (C=O) groups is 2. The van der Waals surface area contributed by atoms with Gasteiger partial charge in [-0.15, -0.1) is 0 Å². The number of hydrogen-bond acceptors (Lipinski definition) is 4. The lowest BCUT2D eigenvalue weighted by atomic mass is 10.1. The first-order valence-corrected chi connectivity index (χ1v) is 7.07. The molecule has 1 aliphatic heterocycles. The maximum Gasteiger partial charge on any atom is 0.323 e. The highest BCUT2D eigenvalue weighted by Crippen LogP contribution is 2.21. The topological polar surface area (TPSA) is 58.6 Å². The number of amides is 1. The summed E-state index contributed by atoms with van der Waals surface area (Å²) in [4.78, 5) is 25.6. The molecular weight excluding hydrogens is 244 g/mol. The highest BCUT2D eigenvalue weighted by molar-refractivity contribution is 5.77. The van der Waals surface area contributed by atoms with E-state index in [1.54, 1.807) is 0 Å². The van der Waals surface area contributed by atoms with Crippen LogP contribution in [0.25, 0.3) is 0 Å². The second-order valence-corrected chi connectivity index (χ2v) is 5.93. The van der Waals surface area contributed by atoms with Crippen molar-refractivity contribution in [3.05, 3.63) is 0 Å². The summed E-state index contributed by atoms with van der Waals surface area (Å²) in [5.74, 6) is -0.127. The Labute approximate surface area is 115 Å². The van der Waals surface area contributed by atoms with Crippen molar-refractivity contribution in [1.82, 2.24) is 10.2 Å². The van der Waals surface area contributed by atoms with Crippen LogP contribution in [0.4, 0.5) is 0 Å². The first kappa shape index (κ1) is 16.0. The van der Waals surface area contributed by atoms with E-state index in [0.717, 1.165) is 19.4 Å². The molecule has 0 aromatic heterocycles. The molecule has 1 atom stereocenters. The van der Waals surface area contributed by atoms with Crippen molar-refractivity contribution >= 4 is 11.9 Å². The van der Waals surface area contributed by atoms with E-state index in [1.807, 2.05) is 27.7 Å². The molecule has 0 bridgehead atoms. The van der Waals surface area contributed by atoms with Gasteiger partial charge in [0, 0.05) is 19.5 Å². The highest BCUT2D eigenvalue weighted by atomic mass is 16.6. The molecule has 5 nitrogen and oxygen atoms in total. The predicted octanol–water partition coefficient (Wildman–Crippen LogP) is 1.32. The van der Waals surface area contributed by atoms with Gasteiger partial charge in [0.25, 0.3) is 0 Å². The smallest absolute Gasteiger partial charge is 0.323 e. The van der Waals surface area contributed by atoms with Crippen molar-refractivity contribution in [2.75, 3.05) is 19.6 Å². The molecule has 0 radical (unpaired) electrons. The van der Waals surface area contributed by atoms with Gasteiger partial charge in [0.2, 0.25) is 5.91 Å². The standard InChI is InChI=1S/C14H26N2O3/c1-5-15-12(17)8-10-16-9-6-7-11(16)13(18)19-14(2,3)4/h11H,5-10H2,1-4H3,(H,15,17)/t11-/m0/s1. The van der Waals surface area contributed by atoms with Gasteiger partial charge in [0.05, 0.1) is 0 Å².